The van der Waals surface area contributed by atoms with Gasteiger partial charge in [0.1, 0.15) is 5.82 Å². The molecule has 0 fully saturated rings. The van der Waals surface area contributed by atoms with Gasteiger partial charge in [-0.1, -0.05) is 6.07 Å². The summed E-state index contributed by atoms with van der Waals surface area (Å²) < 4.78 is 39.1. The second kappa shape index (κ2) is 4.17. The van der Waals surface area contributed by atoms with Crippen molar-refractivity contribution < 1.29 is 12.8 Å². The molecule has 0 aliphatic heterocycles. The maximum absolute atomic E-state index is 13.0. The van der Waals surface area contributed by atoms with E-state index >= 15 is 0 Å². The van der Waals surface area contributed by atoms with Crippen molar-refractivity contribution in [3.8, 4) is 0 Å². The molecule has 2 N–H and O–H groups in total. The zero-order valence-corrected chi connectivity index (χ0v) is 9.75. The van der Waals surface area contributed by atoms with Crippen LogP contribution in [0.15, 0.2) is 35.5 Å². The van der Waals surface area contributed by atoms with Crippen LogP contribution in [0, 0.1) is 12.7 Å². The van der Waals surface area contributed by atoms with Gasteiger partial charge in [0.25, 0.3) is 10.0 Å². The van der Waals surface area contributed by atoms with Crippen LogP contribution in [0.25, 0.3) is 0 Å². The molecule has 2 aromatic rings. The number of aryl methyl sites for hydroxylation is 1. The summed E-state index contributed by atoms with van der Waals surface area (Å²) >= 11 is 0. The Labute approximate surface area is 97.8 Å². The van der Waals surface area contributed by atoms with Crippen LogP contribution in [0.5, 0.6) is 0 Å². The molecule has 0 atom stereocenters. The van der Waals surface area contributed by atoms with Crippen molar-refractivity contribution in [3.05, 3.63) is 42.0 Å². The molecule has 1 heterocycles. The van der Waals surface area contributed by atoms with Gasteiger partial charge in [-0.3, -0.25) is 0 Å². The van der Waals surface area contributed by atoms with Gasteiger partial charge in [-0.15, -0.1) is 0 Å². The molecule has 1 aromatic heterocycles. The molecular formula is C10H10FN3O2S. The van der Waals surface area contributed by atoms with Gasteiger partial charge in [0.15, 0.2) is 0 Å². The van der Waals surface area contributed by atoms with E-state index in [1.165, 1.54) is 24.5 Å². The first-order chi connectivity index (χ1) is 7.99. The predicted octanol–water partition coefficient (Wildman–Crippen LogP) is 1.66. The number of benzene rings is 1. The average Bonchev–Trinajstić information content (AvgIpc) is 2.73. The number of H-pyrrole nitrogens is 1. The Morgan fingerprint density at radius 2 is 2.18 bits per heavy atom. The van der Waals surface area contributed by atoms with Crippen LogP contribution in [0.4, 0.5) is 10.3 Å². The third kappa shape index (κ3) is 2.44. The van der Waals surface area contributed by atoms with Crippen LogP contribution < -0.4 is 4.72 Å². The van der Waals surface area contributed by atoms with Crippen molar-refractivity contribution in [1.29, 1.82) is 0 Å². The van der Waals surface area contributed by atoms with Crippen LogP contribution in [0.3, 0.4) is 0 Å². The molecule has 5 nitrogen and oxygen atoms in total. The van der Waals surface area contributed by atoms with Crippen molar-refractivity contribution in [2.75, 3.05) is 4.72 Å². The lowest BCUT2D eigenvalue weighted by molar-refractivity contribution is 0.594. The number of imidazole rings is 1. The van der Waals surface area contributed by atoms with E-state index in [4.69, 9.17) is 0 Å². The van der Waals surface area contributed by atoms with Crippen LogP contribution in [-0.2, 0) is 10.0 Å². The minimum absolute atomic E-state index is 0.0914. The van der Waals surface area contributed by atoms with Gasteiger partial charge in [0.05, 0.1) is 4.90 Å². The zero-order chi connectivity index (χ0) is 12.5. The molecule has 0 bridgehead atoms. The second-order valence-corrected chi connectivity index (χ2v) is 5.10. The number of anilines is 1. The number of sulfonamides is 1. The normalized spacial score (nSPS) is 11.4. The minimum atomic E-state index is -3.82. The van der Waals surface area contributed by atoms with Gasteiger partial charge < -0.3 is 4.98 Å². The van der Waals surface area contributed by atoms with Gasteiger partial charge >= 0.3 is 0 Å². The second-order valence-electron chi connectivity index (χ2n) is 3.45. The van der Waals surface area contributed by atoms with Crippen LogP contribution in [0.1, 0.15) is 5.56 Å². The fourth-order valence-corrected chi connectivity index (χ4v) is 2.60. The maximum atomic E-state index is 13.0. The summed E-state index contributed by atoms with van der Waals surface area (Å²) in [7, 11) is -3.82. The van der Waals surface area contributed by atoms with Crippen LogP contribution in [-0.4, -0.2) is 18.4 Å². The predicted molar refractivity (Wildman–Crippen MR) is 60.5 cm³/mol. The quantitative estimate of drug-likeness (QED) is 0.875. The molecular weight excluding hydrogens is 245 g/mol. The van der Waals surface area contributed by atoms with Crippen molar-refractivity contribution in [2.45, 2.75) is 11.8 Å². The Bertz CT molecular complexity index is 623. The average molecular weight is 255 g/mol. The molecule has 0 unspecified atom stereocenters. The molecule has 90 valence electrons. The highest BCUT2D eigenvalue weighted by Crippen LogP contribution is 2.18. The summed E-state index contributed by atoms with van der Waals surface area (Å²) in [6, 6.07) is 3.59. The Balaban J connectivity index is 2.41. The van der Waals surface area contributed by atoms with Gasteiger partial charge in [0.2, 0.25) is 5.95 Å². The lowest BCUT2D eigenvalue weighted by atomic mass is 10.2. The third-order valence-corrected chi connectivity index (χ3v) is 3.65. The number of rotatable bonds is 3. The first-order valence-electron chi connectivity index (χ1n) is 4.77. The number of nitrogens with one attached hydrogen (secondary N) is 2. The summed E-state index contributed by atoms with van der Waals surface area (Å²) in [5.74, 6) is -0.510. The first kappa shape index (κ1) is 11.6. The molecule has 0 spiro atoms. The largest absolute Gasteiger partial charge is 0.330 e. The number of aromatic amines is 1. The fourth-order valence-electron chi connectivity index (χ4n) is 1.37. The van der Waals surface area contributed by atoms with Crippen molar-refractivity contribution in [2.24, 2.45) is 0 Å². The topological polar surface area (TPSA) is 74.8 Å². The van der Waals surface area contributed by atoms with E-state index in [1.54, 1.807) is 6.92 Å². The van der Waals surface area contributed by atoms with E-state index in [1.807, 2.05) is 0 Å². The SMILES string of the molecule is Cc1ccc(F)cc1S(=O)(=O)Nc1ncc[nH]1. The highest BCUT2D eigenvalue weighted by atomic mass is 32.2. The van der Waals surface area contributed by atoms with Crippen LogP contribution in [0.2, 0.25) is 0 Å². The number of hydrogen-bond donors (Lipinski definition) is 2. The van der Waals surface area contributed by atoms with Gasteiger partial charge in [-0.2, -0.15) is 0 Å². The molecule has 1 aromatic carbocycles. The van der Waals surface area contributed by atoms with E-state index < -0.39 is 15.8 Å². The Morgan fingerprint density at radius 3 is 2.82 bits per heavy atom. The van der Waals surface area contributed by atoms with Crippen molar-refractivity contribution in [1.82, 2.24) is 9.97 Å². The maximum Gasteiger partial charge on any atom is 0.264 e. The van der Waals surface area contributed by atoms with E-state index in [-0.39, 0.29) is 10.8 Å². The minimum Gasteiger partial charge on any atom is -0.330 e. The molecule has 0 aliphatic carbocycles. The zero-order valence-electron chi connectivity index (χ0n) is 8.94. The summed E-state index contributed by atoms with van der Waals surface area (Å²) in [4.78, 5) is 6.24. The standard InChI is InChI=1S/C10H10FN3O2S/c1-7-2-3-8(11)6-9(7)17(15,16)14-10-12-4-5-13-10/h2-6H,1H3,(H2,12,13,14). The van der Waals surface area contributed by atoms with Gasteiger partial charge in [0, 0.05) is 12.4 Å². The molecule has 0 saturated heterocycles. The lowest BCUT2D eigenvalue weighted by Gasteiger charge is -2.08. The van der Waals surface area contributed by atoms with Crippen molar-refractivity contribution in [3.63, 3.8) is 0 Å². The van der Waals surface area contributed by atoms with E-state index in [0.29, 0.717) is 5.56 Å². The van der Waals surface area contributed by atoms with E-state index in [0.717, 1.165) is 6.07 Å². The molecule has 0 amide bonds. The number of aromatic nitrogens is 2. The van der Waals surface area contributed by atoms with Crippen molar-refractivity contribution >= 4 is 16.0 Å². The number of halogens is 1. The summed E-state index contributed by atoms with van der Waals surface area (Å²) in [5, 5.41) is 0. The molecule has 2 rings (SSSR count). The van der Waals surface area contributed by atoms with Gasteiger partial charge in [-0.25, -0.2) is 22.5 Å². The molecule has 7 heteroatoms. The highest BCUT2D eigenvalue weighted by molar-refractivity contribution is 7.92. The third-order valence-electron chi connectivity index (χ3n) is 2.17. The fraction of sp³-hybridized carbons (Fsp3) is 0.100. The lowest BCUT2D eigenvalue weighted by Crippen LogP contribution is -2.15. The summed E-state index contributed by atoms with van der Waals surface area (Å²) in [6.45, 7) is 1.59. The molecule has 0 saturated carbocycles. The van der Waals surface area contributed by atoms with Gasteiger partial charge in [-0.05, 0) is 24.6 Å². The first-order valence-corrected chi connectivity index (χ1v) is 6.26. The van der Waals surface area contributed by atoms with E-state index in [2.05, 4.69) is 14.7 Å². The number of nitrogens with zero attached hydrogens (tertiary/aromatic N) is 1. The summed E-state index contributed by atoms with van der Waals surface area (Å²) in [5.41, 5.74) is 0.463. The smallest absolute Gasteiger partial charge is 0.264 e. The van der Waals surface area contributed by atoms with E-state index in [9.17, 15) is 12.8 Å². The number of hydrogen-bond acceptors (Lipinski definition) is 3. The Hall–Kier alpha value is -1.89. The highest BCUT2D eigenvalue weighted by Gasteiger charge is 2.18. The Kier molecular flexibility index (Phi) is 2.84. The Morgan fingerprint density at radius 1 is 1.41 bits per heavy atom. The monoisotopic (exact) mass is 255 g/mol. The molecule has 0 radical (unpaired) electrons. The molecule has 17 heavy (non-hydrogen) atoms. The van der Waals surface area contributed by atoms with Crippen LogP contribution >= 0.6 is 0 Å². The molecule has 0 aliphatic rings. The summed E-state index contributed by atoms with van der Waals surface area (Å²) in [6.07, 6.45) is 2.90.